The van der Waals surface area contributed by atoms with Gasteiger partial charge in [-0.25, -0.2) is 8.42 Å². The molecule has 3 aromatic carbocycles. The molecule has 0 fully saturated rings. The van der Waals surface area contributed by atoms with Crippen molar-refractivity contribution in [1.29, 1.82) is 0 Å². The zero-order chi connectivity index (χ0) is 20.3. The van der Waals surface area contributed by atoms with Gasteiger partial charge in [-0.05, 0) is 79.9 Å². The van der Waals surface area contributed by atoms with Gasteiger partial charge in [0.05, 0.1) is 4.90 Å². The predicted molar refractivity (Wildman–Crippen MR) is 112 cm³/mol. The van der Waals surface area contributed by atoms with Gasteiger partial charge in [0.1, 0.15) is 0 Å². The molecule has 0 aliphatic rings. The quantitative estimate of drug-likeness (QED) is 0.661. The van der Waals surface area contributed by atoms with E-state index in [-0.39, 0.29) is 16.4 Å². The first kappa shape index (κ1) is 19.6. The number of aryl methyl sites for hydroxylation is 3. The van der Waals surface area contributed by atoms with Gasteiger partial charge in [-0.2, -0.15) is 0 Å². The lowest BCUT2D eigenvalue weighted by atomic mass is 10.1. The minimum absolute atomic E-state index is 0.0297. The van der Waals surface area contributed by atoms with E-state index in [4.69, 9.17) is 0 Å². The third-order valence-corrected chi connectivity index (χ3v) is 5.54. The van der Waals surface area contributed by atoms with Crippen LogP contribution in [0.2, 0.25) is 0 Å². The summed E-state index contributed by atoms with van der Waals surface area (Å²) in [7, 11) is -3.80. The highest BCUT2D eigenvalue weighted by Crippen LogP contribution is 2.19. The second-order valence-corrected chi connectivity index (χ2v) is 8.52. The second-order valence-electron chi connectivity index (χ2n) is 6.83. The lowest BCUT2D eigenvalue weighted by molar-refractivity contribution is 0.102. The van der Waals surface area contributed by atoms with Crippen LogP contribution in [0.3, 0.4) is 0 Å². The Bertz CT molecular complexity index is 1120. The zero-order valence-corrected chi connectivity index (χ0v) is 16.8. The molecule has 0 bridgehead atoms. The number of carbonyl (C=O) groups excluding carboxylic acids is 1. The van der Waals surface area contributed by atoms with Crippen LogP contribution in [-0.2, 0) is 10.0 Å². The van der Waals surface area contributed by atoms with Crippen LogP contribution in [0.25, 0.3) is 0 Å². The molecule has 3 aromatic rings. The van der Waals surface area contributed by atoms with Crippen LogP contribution in [0, 0.1) is 20.8 Å². The van der Waals surface area contributed by atoms with E-state index in [1.807, 2.05) is 45.0 Å². The Morgan fingerprint density at radius 1 is 0.750 bits per heavy atom. The van der Waals surface area contributed by atoms with Crippen molar-refractivity contribution in [2.45, 2.75) is 25.7 Å². The van der Waals surface area contributed by atoms with Crippen LogP contribution in [0.5, 0.6) is 0 Å². The first-order chi connectivity index (χ1) is 13.2. The number of hydrogen-bond acceptors (Lipinski definition) is 3. The van der Waals surface area contributed by atoms with E-state index in [0.29, 0.717) is 11.4 Å². The molecule has 1 amide bonds. The van der Waals surface area contributed by atoms with E-state index in [2.05, 4.69) is 10.0 Å². The molecule has 0 saturated heterocycles. The first-order valence-electron chi connectivity index (χ1n) is 8.82. The molecule has 5 nitrogen and oxygen atoms in total. The maximum absolute atomic E-state index is 12.7. The normalized spacial score (nSPS) is 11.1. The number of amides is 1. The molecule has 144 valence electrons. The third kappa shape index (κ3) is 4.78. The number of sulfonamides is 1. The zero-order valence-electron chi connectivity index (χ0n) is 16.0. The highest BCUT2D eigenvalue weighted by molar-refractivity contribution is 7.92. The molecule has 0 radical (unpaired) electrons. The monoisotopic (exact) mass is 394 g/mol. The third-order valence-electron chi connectivity index (χ3n) is 4.16. The fraction of sp³-hybridized carbons (Fsp3) is 0.136. The van der Waals surface area contributed by atoms with E-state index in [1.54, 1.807) is 30.3 Å². The van der Waals surface area contributed by atoms with Gasteiger partial charge >= 0.3 is 0 Å². The summed E-state index contributed by atoms with van der Waals surface area (Å²) in [5.41, 5.74) is 4.44. The Morgan fingerprint density at radius 2 is 1.39 bits per heavy atom. The number of nitrogens with one attached hydrogen (secondary N) is 2. The molecular formula is C22H22N2O3S. The Kier molecular flexibility index (Phi) is 5.51. The minimum atomic E-state index is -3.80. The molecule has 3 rings (SSSR count). The smallest absolute Gasteiger partial charge is 0.261 e. The number of carbonyl (C=O) groups is 1. The van der Waals surface area contributed by atoms with Crippen LogP contribution in [0.4, 0.5) is 11.4 Å². The molecule has 0 unspecified atom stereocenters. The molecular weight excluding hydrogens is 372 g/mol. The average Bonchev–Trinajstić information content (AvgIpc) is 2.60. The van der Waals surface area contributed by atoms with Gasteiger partial charge in [-0.3, -0.25) is 9.52 Å². The second kappa shape index (κ2) is 7.86. The highest BCUT2D eigenvalue weighted by atomic mass is 32.2. The van der Waals surface area contributed by atoms with Crippen LogP contribution in [-0.4, -0.2) is 14.3 Å². The van der Waals surface area contributed by atoms with Crippen molar-refractivity contribution in [3.8, 4) is 0 Å². The van der Waals surface area contributed by atoms with Crippen molar-refractivity contribution < 1.29 is 13.2 Å². The number of hydrogen-bond donors (Lipinski definition) is 2. The summed E-state index contributed by atoms with van der Waals surface area (Å²) in [5, 5.41) is 2.82. The Labute approximate surface area is 165 Å². The number of rotatable bonds is 5. The van der Waals surface area contributed by atoms with Gasteiger partial charge in [0, 0.05) is 16.9 Å². The SMILES string of the molecule is Cc1cc(C)cc(NC(=O)c2cccc(S(=O)(=O)Nc3cccc(C)c3)c2)c1. The highest BCUT2D eigenvalue weighted by Gasteiger charge is 2.17. The predicted octanol–water partition coefficient (Wildman–Crippen LogP) is 4.66. The Balaban J connectivity index is 1.83. The summed E-state index contributed by atoms with van der Waals surface area (Å²) in [4.78, 5) is 12.6. The molecule has 0 aliphatic heterocycles. The molecule has 0 aliphatic carbocycles. The van der Waals surface area contributed by atoms with E-state index in [9.17, 15) is 13.2 Å². The van der Waals surface area contributed by atoms with Gasteiger partial charge in [0.15, 0.2) is 0 Å². The minimum Gasteiger partial charge on any atom is -0.322 e. The van der Waals surface area contributed by atoms with Crippen molar-refractivity contribution in [3.05, 3.63) is 89.0 Å². The maximum Gasteiger partial charge on any atom is 0.261 e. The van der Waals surface area contributed by atoms with E-state index < -0.39 is 10.0 Å². The lowest BCUT2D eigenvalue weighted by Gasteiger charge is -2.11. The summed E-state index contributed by atoms with van der Waals surface area (Å²) in [5.74, 6) is -0.363. The van der Waals surface area contributed by atoms with E-state index in [1.165, 1.54) is 12.1 Å². The topological polar surface area (TPSA) is 75.3 Å². The molecule has 6 heteroatoms. The van der Waals surface area contributed by atoms with Crippen LogP contribution < -0.4 is 10.0 Å². The first-order valence-corrected chi connectivity index (χ1v) is 10.3. The van der Waals surface area contributed by atoms with Crippen LogP contribution in [0.1, 0.15) is 27.0 Å². The summed E-state index contributed by atoms with van der Waals surface area (Å²) in [6.07, 6.45) is 0. The summed E-state index contributed by atoms with van der Waals surface area (Å²) < 4.78 is 27.9. The van der Waals surface area contributed by atoms with Crippen molar-refractivity contribution in [1.82, 2.24) is 0 Å². The van der Waals surface area contributed by atoms with Crippen molar-refractivity contribution in [3.63, 3.8) is 0 Å². The van der Waals surface area contributed by atoms with E-state index in [0.717, 1.165) is 16.7 Å². The molecule has 2 N–H and O–H groups in total. The Morgan fingerprint density at radius 3 is 2.07 bits per heavy atom. The Hall–Kier alpha value is -3.12. The average molecular weight is 394 g/mol. The van der Waals surface area contributed by atoms with E-state index >= 15 is 0 Å². The fourth-order valence-electron chi connectivity index (χ4n) is 2.98. The molecule has 0 heterocycles. The van der Waals surface area contributed by atoms with Gasteiger partial charge in [-0.1, -0.05) is 24.3 Å². The molecule has 0 atom stereocenters. The molecule has 0 aromatic heterocycles. The number of benzene rings is 3. The van der Waals surface area contributed by atoms with Crippen molar-refractivity contribution >= 4 is 27.3 Å². The summed E-state index contributed by atoms with van der Waals surface area (Å²) in [6, 6.07) is 18.8. The van der Waals surface area contributed by atoms with Crippen molar-refractivity contribution in [2.75, 3.05) is 10.0 Å². The molecule has 28 heavy (non-hydrogen) atoms. The summed E-state index contributed by atoms with van der Waals surface area (Å²) in [6.45, 7) is 5.79. The van der Waals surface area contributed by atoms with Crippen LogP contribution in [0.15, 0.2) is 71.6 Å². The lowest BCUT2D eigenvalue weighted by Crippen LogP contribution is -2.16. The molecule has 0 spiro atoms. The van der Waals surface area contributed by atoms with Gasteiger partial charge in [-0.15, -0.1) is 0 Å². The van der Waals surface area contributed by atoms with Gasteiger partial charge in [0.25, 0.3) is 15.9 Å². The standard InChI is InChI=1S/C22H22N2O3S/c1-15-6-4-8-19(11-15)24-28(26,27)21-9-5-7-18(14-21)22(25)23-20-12-16(2)10-17(3)13-20/h4-14,24H,1-3H3,(H,23,25). The fourth-order valence-corrected chi connectivity index (χ4v) is 4.07. The van der Waals surface area contributed by atoms with Gasteiger partial charge in [0.2, 0.25) is 0 Å². The molecule has 0 saturated carbocycles. The largest absolute Gasteiger partial charge is 0.322 e. The summed E-state index contributed by atoms with van der Waals surface area (Å²) >= 11 is 0. The van der Waals surface area contributed by atoms with Crippen LogP contribution >= 0.6 is 0 Å². The number of anilines is 2. The van der Waals surface area contributed by atoms with Gasteiger partial charge < -0.3 is 5.32 Å². The maximum atomic E-state index is 12.7. The van der Waals surface area contributed by atoms with Crippen molar-refractivity contribution in [2.24, 2.45) is 0 Å².